The molecular weight excluding hydrogens is 356 g/mol. The van der Waals surface area contributed by atoms with Crippen LogP contribution in [0.3, 0.4) is 0 Å². The second-order valence-electron chi connectivity index (χ2n) is 6.73. The van der Waals surface area contributed by atoms with E-state index in [-0.39, 0.29) is 5.56 Å². The van der Waals surface area contributed by atoms with Gasteiger partial charge < -0.3 is 19.1 Å². The molecule has 0 atom stereocenters. The van der Waals surface area contributed by atoms with E-state index in [0.29, 0.717) is 25.3 Å². The summed E-state index contributed by atoms with van der Waals surface area (Å²) in [5, 5.41) is 9.25. The van der Waals surface area contributed by atoms with Crippen LogP contribution in [0, 0.1) is 13.8 Å². The van der Waals surface area contributed by atoms with Crippen molar-refractivity contribution in [3.63, 3.8) is 0 Å². The molecule has 2 aromatic carbocycles. The molecule has 0 bridgehead atoms. The molecule has 0 spiro atoms. The molecular formula is C22H26N2O4. The summed E-state index contributed by atoms with van der Waals surface area (Å²) in [7, 11) is 0. The average molecular weight is 382 g/mol. The molecule has 1 heterocycles. The fourth-order valence-electron chi connectivity index (χ4n) is 3.16. The van der Waals surface area contributed by atoms with Crippen molar-refractivity contribution in [2.24, 2.45) is 0 Å². The predicted molar refractivity (Wildman–Crippen MR) is 108 cm³/mol. The molecule has 0 saturated carbocycles. The van der Waals surface area contributed by atoms with E-state index < -0.39 is 5.97 Å². The van der Waals surface area contributed by atoms with Gasteiger partial charge in [-0.1, -0.05) is 12.1 Å². The number of aromatic nitrogens is 2. The fourth-order valence-corrected chi connectivity index (χ4v) is 3.16. The van der Waals surface area contributed by atoms with Gasteiger partial charge in [0.25, 0.3) is 0 Å². The number of fused-ring (bicyclic) bond motifs is 1. The van der Waals surface area contributed by atoms with Gasteiger partial charge in [0, 0.05) is 19.8 Å². The maximum Gasteiger partial charge on any atom is 0.335 e. The van der Waals surface area contributed by atoms with Gasteiger partial charge in [-0.3, -0.25) is 0 Å². The van der Waals surface area contributed by atoms with Crippen LogP contribution in [0.4, 0.5) is 0 Å². The molecule has 3 aromatic rings. The number of ether oxygens (including phenoxy) is 2. The maximum absolute atomic E-state index is 11.3. The highest BCUT2D eigenvalue weighted by atomic mass is 16.5. The Morgan fingerprint density at radius 1 is 1.21 bits per heavy atom. The molecule has 0 aliphatic carbocycles. The summed E-state index contributed by atoms with van der Waals surface area (Å²) in [6.45, 7) is 8.47. The van der Waals surface area contributed by atoms with Crippen molar-refractivity contribution < 1.29 is 19.4 Å². The summed E-state index contributed by atoms with van der Waals surface area (Å²) < 4.78 is 13.6. The van der Waals surface area contributed by atoms with E-state index in [1.165, 1.54) is 5.56 Å². The number of hydrogen-bond donors (Lipinski definition) is 1. The minimum absolute atomic E-state index is 0.230. The molecule has 28 heavy (non-hydrogen) atoms. The van der Waals surface area contributed by atoms with E-state index in [1.807, 2.05) is 32.0 Å². The van der Waals surface area contributed by atoms with E-state index in [4.69, 9.17) is 9.47 Å². The summed E-state index contributed by atoms with van der Waals surface area (Å²) in [6, 6.07) is 11.0. The summed E-state index contributed by atoms with van der Waals surface area (Å²) in [5.41, 5.74) is 4.08. The highest BCUT2D eigenvalue weighted by molar-refractivity contribution is 5.92. The molecule has 0 fully saturated rings. The molecule has 1 aromatic heterocycles. The van der Waals surface area contributed by atoms with Gasteiger partial charge in [0.15, 0.2) is 0 Å². The largest absolute Gasteiger partial charge is 0.485 e. The Morgan fingerprint density at radius 2 is 2.04 bits per heavy atom. The zero-order chi connectivity index (χ0) is 20.1. The summed E-state index contributed by atoms with van der Waals surface area (Å²) in [4.78, 5) is 15.9. The van der Waals surface area contributed by atoms with E-state index in [0.717, 1.165) is 35.6 Å². The first-order valence-corrected chi connectivity index (χ1v) is 9.50. The fraction of sp³-hybridized carbons (Fsp3) is 0.364. The molecule has 3 rings (SSSR count). The van der Waals surface area contributed by atoms with Crippen LogP contribution in [0.25, 0.3) is 11.0 Å². The van der Waals surface area contributed by atoms with Crippen molar-refractivity contribution >= 4 is 17.0 Å². The Bertz CT molecular complexity index is 978. The number of aryl methyl sites for hydroxylation is 2. The highest BCUT2D eigenvalue weighted by Crippen LogP contribution is 2.24. The number of carboxylic acid groups (broad SMARTS) is 1. The molecule has 0 aliphatic rings. The molecule has 0 radical (unpaired) electrons. The van der Waals surface area contributed by atoms with Crippen LogP contribution >= 0.6 is 0 Å². The summed E-state index contributed by atoms with van der Waals surface area (Å²) in [6.07, 6.45) is 0.844. The summed E-state index contributed by atoms with van der Waals surface area (Å²) in [5.74, 6) is 0.648. The van der Waals surface area contributed by atoms with Crippen LogP contribution < -0.4 is 4.74 Å². The van der Waals surface area contributed by atoms with Gasteiger partial charge >= 0.3 is 5.97 Å². The van der Waals surface area contributed by atoms with Crippen molar-refractivity contribution in [2.75, 3.05) is 13.2 Å². The lowest BCUT2D eigenvalue weighted by atomic mass is 10.1. The molecule has 0 aliphatic heterocycles. The topological polar surface area (TPSA) is 73.6 Å². The van der Waals surface area contributed by atoms with E-state index in [9.17, 15) is 9.90 Å². The lowest BCUT2D eigenvalue weighted by Gasteiger charge is -2.13. The SMILES string of the molecule is CCOCCCn1c(COc2cccc(C)c2C)nc2cc(C(=O)O)ccc21. The number of aromatic carboxylic acids is 1. The number of carbonyl (C=O) groups is 1. The zero-order valence-electron chi connectivity index (χ0n) is 16.6. The van der Waals surface area contributed by atoms with Crippen LogP contribution in [-0.2, 0) is 17.9 Å². The number of rotatable bonds is 9. The maximum atomic E-state index is 11.3. The third kappa shape index (κ3) is 4.34. The molecule has 1 N–H and O–H groups in total. The molecule has 148 valence electrons. The standard InChI is InChI=1S/C22H26N2O4/c1-4-27-12-6-11-24-19-10-9-17(22(25)26)13-18(19)23-21(24)14-28-20-8-5-7-15(2)16(20)3/h5,7-10,13H,4,6,11-12,14H2,1-3H3,(H,25,26). The minimum atomic E-state index is -0.957. The first-order chi connectivity index (χ1) is 13.5. The van der Waals surface area contributed by atoms with Gasteiger partial charge in [0.1, 0.15) is 18.2 Å². The van der Waals surface area contributed by atoms with Crippen LogP contribution in [0.2, 0.25) is 0 Å². The number of benzene rings is 2. The van der Waals surface area contributed by atoms with Crippen LogP contribution in [-0.4, -0.2) is 33.8 Å². The number of imidazole rings is 1. The second-order valence-corrected chi connectivity index (χ2v) is 6.73. The predicted octanol–water partition coefficient (Wildman–Crippen LogP) is 4.36. The molecule has 0 saturated heterocycles. The third-order valence-electron chi connectivity index (χ3n) is 4.86. The van der Waals surface area contributed by atoms with Gasteiger partial charge in [0.05, 0.1) is 16.6 Å². The molecule has 6 nitrogen and oxygen atoms in total. The van der Waals surface area contributed by atoms with Crippen LogP contribution in [0.5, 0.6) is 5.75 Å². The second kappa shape index (κ2) is 8.89. The van der Waals surface area contributed by atoms with Crippen LogP contribution in [0.15, 0.2) is 36.4 Å². The van der Waals surface area contributed by atoms with Crippen molar-refractivity contribution in [3.8, 4) is 5.75 Å². The number of hydrogen-bond acceptors (Lipinski definition) is 4. The Kier molecular flexibility index (Phi) is 6.31. The van der Waals surface area contributed by atoms with Gasteiger partial charge in [-0.2, -0.15) is 0 Å². The van der Waals surface area contributed by atoms with E-state index >= 15 is 0 Å². The van der Waals surface area contributed by atoms with Gasteiger partial charge in [-0.15, -0.1) is 0 Å². The number of nitrogens with zero attached hydrogens (tertiary/aromatic N) is 2. The van der Waals surface area contributed by atoms with Gasteiger partial charge in [-0.05, 0) is 62.6 Å². The zero-order valence-corrected chi connectivity index (χ0v) is 16.6. The van der Waals surface area contributed by atoms with Crippen molar-refractivity contribution in [1.29, 1.82) is 0 Å². The Hall–Kier alpha value is -2.86. The van der Waals surface area contributed by atoms with Crippen molar-refractivity contribution in [3.05, 3.63) is 58.9 Å². The van der Waals surface area contributed by atoms with Crippen molar-refractivity contribution in [1.82, 2.24) is 9.55 Å². The monoisotopic (exact) mass is 382 g/mol. The lowest BCUT2D eigenvalue weighted by Crippen LogP contribution is -2.10. The van der Waals surface area contributed by atoms with Gasteiger partial charge in [0.2, 0.25) is 0 Å². The Labute approximate surface area is 164 Å². The third-order valence-corrected chi connectivity index (χ3v) is 4.86. The normalized spacial score (nSPS) is 11.1. The molecule has 6 heteroatoms. The van der Waals surface area contributed by atoms with Crippen molar-refractivity contribution in [2.45, 2.75) is 40.3 Å². The average Bonchev–Trinajstić information content (AvgIpc) is 3.03. The molecule has 0 amide bonds. The van der Waals surface area contributed by atoms with Gasteiger partial charge in [-0.25, -0.2) is 9.78 Å². The highest BCUT2D eigenvalue weighted by Gasteiger charge is 2.14. The van der Waals surface area contributed by atoms with E-state index in [1.54, 1.807) is 12.1 Å². The summed E-state index contributed by atoms with van der Waals surface area (Å²) >= 11 is 0. The van der Waals surface area contributed by atoms with Crippen LogP contribution in [0.1, 0.15) is 40.7 Å². The quantitative estimate of drug-likeness (QED) is 0.557. The number of carboxylic acids is 1. The Morgan fingerprint density at radius 3 is 2.79 bits per heavy atom. The molecule has 0 unspecified atom stereocenters. The minimum Gasteiger partial charge on any atom is -0.485 e. The first kappa shape index (κ1) is 19.9. The lowest BCUT2D eigenvalue weighted by molar-refractivity contribution is 0.0697. The first-order valence-electron chi connectivity index (χ1n) is 9.50. The Balaban J connectivity index is 1.89. The van der Waals surface area contributed by atoms with E-state index in [2.05, 4.69) is 22.5 Å². The smallest absolute Gasteiger partial charge is 0.335 e.